The molecule has 1 aliphatic carbocycles. The summed E-state index contributed by atoms with van der Waals surface area (Å²) < 4.78 is 5.62. The third kappa shape index (κ3) is 3.46. The van der Waals surface area contributed by atoms with Gasteiger partial charge < -0.3 is 10.1 Å². The van der Waals surface area contributed by atoms with E-state index in [9.17, 15) is 9.59 Å². The third-order valence-corrected chi connectivity index (χ3v) is 7.32. The number of ketones is 1. The van der Waals surface area contributed by atoms with Gasteiger partial charge >= 0.3 is 0 Å². The van der Waals surface area contributed by atoms with E-state index in [0.29, 0.717) is 17.9 Å². The predicted octanol–water partition coefficient (Wildman–Crippen LogP) is 5.12. The fraction of sp³-hybridized carbons (Fsp3) is 0.440. The molecule has 30 heavy (non-hydrogen) atoms. The minimum atomic E-state index is -0.756. The highest BCUT2D eigenvalue weighted by Gasteiger charge is 2.56. The molecule has 158 valence electrons. The van der Waals surface area contributed by atoms with E-state index in [0.717, 1.165) is 40.7 Å². The van der Waals surface area contributed by atoms with Crippen LogP contribution in [0.4, 0.5) is 0 Å². The summed E-state index contributed by atoms with van der Waals surface area (Å²) in [6.45, 7) is 6.04. The highest BCUT2D eigenvalue weighted by atomic mass is 35.5. The lowest BCUT2D eigenvalue weighted by molar-refractivity contribution is -0.127. The molecule has 0 aromatic heterocycles. The van der Waals surface area contributed by atoms with Gasteiger partial charge in [0.25, 0.3) is 0 Å². The average molecular weight is 426 g/mol. The van der Waals surface area contributed by atoms with Crippen molar-refractivity contribution in [1.82, 2.24) is 5.32 Å². The highest BCUT2D eigenvalue weighted by Crippen LogP contribution is 2.44. The van der Waals surface area contributed by atoms with Gasteiger partial charge in [-0.25, -0.2) is 0 Å². The number of nitrogens with one attached hydrogen (secondary N) is 1. The molecule has 5 heteroatoms. The van der Waals surface area contributed by atoms with Crippen LogP contribution in [0.5, 0.6) is 0 Å². The first-order valence-electron chi connectivity index (χ1n) is 10.5. The van der Waals surface area contributed by atoms with Gasteiger partial charge in [-0.1, -0.05) is 35.9 Å². The van der Waals surface area contributed by atoms with Gasteiger partial charge in [0.1, 0.15) is 5.92 Å². The number of benzene rings is 2. The second-order valence-electron chi connectivity index (χ2n) is 9.05. The summed E-state index contributed by atoms with van der Waals surface area (Å²) in [6, 6.07) is 11.8. The number of Topliss-reactive ketones (excluding diaryl/α,β-unsaturated/α-hetero) is 1. The van der Waals surface area contributed by atoms with Crippen molar-refractivity contribution < 1.29 is 14.3 Å². The number of carbonyl (C=O) groups excluding carboxylic acids is 2. The van der Waals surface area contributed by atoms with Gasteiger partial charge in [0.05, 0.1) is 11.1 Å². The van der Waals surface area contributed by atoms with Crippen molar-refractivity contribution in [1.29, 1.82) is 0 Å². The Kier molecular flexibility index (Phi) is 5.27. The zero-order chi connectivity index (χ0) is 21.7. The number of hydrogen-bond donors (Lipinski definition) is 1. The fourth-order valence-electron chi connectivity index (χ4n) is 5.05. The van der Waals surface area contributed by atoms with Gasteiger partial charge in [0.15, 0.2) is 5.78 Å². The number of hydrogen-bond acceptors (Lipinski definition) is 3. The normalized spacial score (nSPS) is 28.8. The lowest BCUT2D eigenvalue weighted by Gasteiger charge is -2.41. The van der Waals surface area contributed by atoms with E-state index >= 15 is 0 Å². The van der Waals surface area contributed by atoms with E-state index < -0.39 is 11.5 Å². The zero-order valence-electron chi connectivity index (χ0n) is 18.0. The first-order valence-corrected chi connectivity index (χ1v) is 10.8. The first kappa shape index (κ1) is 21.1. The molecule has 1 N–H and O–H groups in total. The van der Waals surface area contributed by atoms with Crippen LogP contribution in [-0.2, 0) is 14.3 Å². The molecule has 1 atom stereocenters. The summed E-state index contributed by atoms with van der Waals surface area (Å²) in [5.74, 6) is -0.904. The summed E-state index contributed by atoms with van der Waals surface area (Å²) in [5, 5.41) is 3.77. The highest BCUT2D eigenvalue weighted by molar-refractivity contribution is 6.30. The van der Waals surface area contributed by atoms with Crippen LogP contribution >= 0.6 is 11.6 Å². The SMILES string of the molecule is COC1(C)CCC2(CC1)NC(=O)C(c1c(C)cc(-c3ccc(Cl)cc3)cc1C)C2=O. The van der Waals surface area contributed by atoms with E-state index in [2.05, 4.69) is 24.4 Å². The molecule has 1 amide bonds. The molecule has 4 nitrogen and oxygen atoms in total. The predicted molar refractivity (Wildman–Crippen MR) is 119 cm³/mol. The maximum atomic E-state index is 13.6. The molecule has 2 aromatic carbocycles. The second kappa shape index (κ2) is 7.51. The number of carbonyl (C=O) groups is 2. The number of ether oxygens (including phenoxy) is 1. The van der Waals surface area contributed by atoms with Crippen LogP contribution in [0.25, 0.3) is 11.1 Å². The van der Waals surface area contributed by atoms with Crippen LogP contribution in [0.15, 0.2) is 36.4 Å². The number of aryl methyl sites for hydroxylation is 2. The smallest absolute Gasteiger partial charge is 0.235 e. The van der Waals surface area contributed by atoms with Gasteiger partial charge in [0, 0.05) is 12.1 Å². The summed E-state index contributed by atoms with van der Waals surface area (Å²) in [4.78, 5) is 26.6. The van der Waals surface area contributed by atoms with Crippen molar-refractivity contribution in [2.24, 2.45) is 0 Å². The van der Waals surface area contributed by atoms with Gasteiger partial charge in [0.2, 0.25) is 5.91 Å². The number of halogens is 1. The molecule has 1 unspecified atom stereocenters. The summed E-state index contributed by atoms with van der Waals surface area (Å²) in [6.07, 6.45) is 2.77. The van der Waals surface area contributed by atoms with E-state index in [4.69, 9.17) is 16.3 Å². The van der Waals surface area contributed by atoms with Crippen molar-refractivity contribution in [3.63, 3.8) is 0 Å². The molecule has 0 radical (unpaired) electrons. The van der Waals surface area contributed by atoms with Crippen molar-refractivity contribution >= 4 is 23.3 Å². The van der Waals surface area contributed by atoms with E-state index in [1.165, 1.54) is 0 Å². The van der Waals surface area contributed by atoms with Crippen molar-refractivity contribution in [2.45, 2.75) is 63.5 Å². The Hall–Kier alpha value is -2.17. The van der Waals surface area contributed by atoms with Gasteiger partial charge in [-0.3, -0.25) is 9.59 Å². The van der Waals surface area contributed by atoms with Crippen LogP contribution in [0.3, 0.4) is 0 Å². The molecule has 4 rings (SSSR count). The Bertz CT molecular complexity index is 981. The lowest BCUT2D eigenvalue weighted by atomic mass is 9.71. The Labute approximate surface area is 183 Å². The minimum Gasteiger partial charge on any atom is -0.379 e. The topological polar surface area (TPSA) is 55.4 Å². The first-order chi connectivity index (χ1) is 14.2. The number of amides is 1. The lowest BCUT2D eigenvalue weighted by Crippen LogP contribution is -2.52. The molecule has 1 saturated carbocycles. The molecular formula is C25H28ClNO3. The Morgan fingerprint density at radius 1 is 0.967 bits per heavy atom. The molecule has 0 bridgehead atoms. The Morgan fingerprint density at radius 3 is 2.07 bits per heavy atom. The van der Waals surface area contributed by atoms with Crippen LogP contribution in [0.1, 0.15) is 55.2 Å². The van der Waals surface area contributed by atoms with Gasteiger partial charge in [-0.05, 0) is 86.4 Å². The minimum absolute atomic E-state index is 0.0103. The maximum Gasteiger partial charge on any atom is 0.235 e. The largest absolute Gasteiger partial charge is 0.379 e. The summed E-state index contributed by atoms with van der Waals surface area (Å²) >= 11 is 6.01. The molecule has 1 spiro atoms. The average Bonchev–Trinajstić information content (AvgIpc) is 2.95. The molecule has 1 aliphatic heterocycles. The van der Waals surface area contributed by atoms with Crippen molar-refractivity contribution in [2.75, 3.05) is 7.11 Å². The van der Waals surface area contributed by atoms with Gasteiger partial charge in [-0.15, -0.1) is 0 Å². The van der Waals surface area contributed by atoms with E-state index in [1.807, 2.05) is 38.1 Å². The number of methoxy groups -OCH3 is 1. The van der Waals surface area contributed by atoms with E-state index in [-0.39, 0.29) is 17.3 Å². The Balaban J connectivity index is 1.66. The molecule has 2 aliphatic rings. The van der Waals surface area contributed by atoms with Crippen molar-refractivity contribution in [3.8, 4) is 11.1 Å². The number of rotatable bonds is 3. The quantitative estimate of drug-likeness (QED) is 0.694. The zero-order valence-corrected chi connectivity index (χ0v) is 18.7. The van der Waals surface area contributed by atoms with Gasteiger partial charge in [-0.2, -0.15) is 0 Å². The van der Waals surface area contributed by atoms with Crippen molar-refractivity contribution in [3.05, 3.63) is 58.1 Å². The monoisotopic (exact) mass is 425 g/mol. The molecular weight excluding hydrogens is 398 g/mol. The standard InChI is InChI=1S/C25H28ClNO3/c1-15-13-18(17-5-7-19(26)8-6-17)14-16(2)20(15)21-22(28)25(27-23(21)29)11-9-24(3,30-4)10-12-25/h5-8,13-14,21H,9-12H2,1-4H3,(H,27,29). The molecule has 2 aromatic rings. The summed E-state index contributed by atoms with van der Waals surface area (Å²) in [7, 11) is 1.71. The summed E-state index contributed by atoms with van der Waals surface area (Å²) in [5.41, 5.74) is 3.90. The third-order valence-electron chi connectivity index (χ3n) is 7.07. The fourth-order valence-corrected chi connectivity index (χ4v) is 5.17. The molecule has 1 heterocycles. The molecule has 1 saturated heterocycles. The second-order valence-corrected chi connectivity index (χ2v) is 9.49. The van der Waals surface area contributed by atoms with Crippen LogP contribution in [0.2, 0.25) is 5.02 Å². The Morgan fingerprint density at radius 2 is 1.53 bits per heavy atom. The van der Waals surface area contributed by atoms with Crippen LogP contribution in [0, 0.1) is 13.8 Å². The van der Waals surface area contributed by atoms with Crippen LogP contribution in [-0.4, -0.2) is 29.9 Å². The maximum absolute atomic E-state index is 13.6. The van der Waals surface area contributed by atoms with E-state index in [1.54, 1.807) is 7.11 Å². The molecule has 2 fully saturated rings. The van der Waals surface area contributed by atoms with Crippen LogP contribution < -0.4 is 5.32 Å².